The maximum Gasteiger partial charge on any atom is 0.236 e. The van der Waals surface area contributed by atoms with Crippen LogP contribution in [0, 0.1) is 0 Å². The largest absolute Gasteiger partial charge is 0.481 e. The van der Waals surface area contributed by atoms with E-state index >= 15 is 0 Å². The lowest BCUT2D eigenvalue weighted by molar-refractivity contribution is 0.256. The van der Waals surface area contributed by atoms with Crippen molar-refractivity contribution < 1.29 is 13.5 Å². The van der Waals surface area contributed by atoms with Crippen LogP contribution < -0.4 is 9.46 Å². The molecule has 174 valence electrons. The number of halogens is 3. The van der Waals surface area contributed by atoms with Gasteiger partial charge in [0.05, 0.1) is 40.6 Å². The molecular formula is C21H22ClF2N7OS. The number of alkyl halides is 2. The summed E-state index contributed by atoms with van der Waals surface area (Å²) in [5.74, 6) is 0.558. The second kappa shape index (κ2) is 10.3. The fourth-order valence-corrected chi connectivity index (χ4v) is 4.41. The van der Waals surface area contributed by atoms with Gasteiger partial charge in [0, 0.05) is 23.6 Å². The number of fused-ring (bicyclic) bond motifs is 1. The number of benzene rings is 1. The van der Waals surface area contributed by atoms with E-state index in [2.05, 4.69) is 29.9 Å². The number of hydrogen-bond acceptors (Lipinski definition) is 7. The molecule has 0 bridgehead atoms. The van der Waals surface area contributed by atoms with Crippen LogP contribution in [-0.2, 0) is 12.8 Å². The van der Waals surface area contributed by atoms with Gasteiger partial charge in [0.1, 0.15) is 18.5 Å². The molecule has 1 aromatic carbocycles. The lowest BCUT2D eigenvalue weighted by Gasteiger charge is -2.15. The van der Waals surface area contributed by atoms with Crippen molar-refractivity contribution in [2.24, 2.45) is 0 Å². The molecule has 0 radical (unpaired) electrons. The Kier molecular flexibility index (Phi) is 7.29. The molecule has 3 heterocycles. The zero-order chi connectivity index (χ0) is 23.4. The number of methoxy groups -OCH3 is 1. The Hall–Kier alpha value is -2.92. The molecule has 2 N–H and O–H groups in total. The lowest BCUT2D eigenvalue weighted by atomic mass is 10.1. The summed E-state index contributed by atoms with van der Waals surface area (Å²) < 4.78 is 35.0. The van der Waals surface area contributed by atoms with Crippen LogP contribution in [0.1, 0.15) is 24.6 Å². The first-order valence-corrected chi connectivity index (χ1v) is 11.5. The minimum Gasteiger partial charge on any atom is -0.481 e. The molecule has 1 atom stereocenters. The number of hydrogen-bond donors (Lipinski definition) is 2. The molecule has 0 amide bonds. The van der Waals surface area contributed by atoms with Crippen molar-refractivity contribution >= 4 is 40.4 Å². The second-order valence-corrected chi connectivity index (χ2v) is 8.44. The van der Waals surface area contributed by atoms with E-state index in [1.54, 1.807) is 18.5 Å². The molecule has 0 saturated heterocycles. The van der Waals surface area contributed by atoms with E-state index in [-0.39, 0.29) is 12.3 Å². The number of nitrogens with zero attached hydrogens (tertiary/aromatic N) is 5. The third kappa shape index (κ3) is 4.88. The molecule has 12 heteroatoms. The van der Waals surface area contributed by atoms with E-state index in [1.807, 2.05) is 19.2 Å². The molecule has 0 aliphatic rings. The Morgan fingerprint density at radius 1 is 1.27 bits per heavy atom. The molecule has 0 aliphatic heterocycles. The van der Waals surface area contributed by atoms with E-state index in [1.165, 1.54) is 23.9 Å². The fourth-order valence-electron chi connectivity index (χ4n) is 3.49. The summed E-state index contributed by atoms with van der Waals surface area (Å²) in [5.41, 5.74) is 2.57. The number of anilines is 1. The van der Waals surface area contributed by atoms with Crippen molar-refractivity contribution in [2.45, 2.75) is 37.3 Å². The maximum atomic E-state index is 13.8. The SMILES string of the molecule is CCCc1nc(NSc2c[nH]c3c(-n4nccn4)c(Cl)ccc23)nc(OC)c1CC(F)CF. The molecule has 0 aliphatic carbocycles. The molecule has 0 saturated carbocycles. The summed E-state index contributed by atoms with van der Waals surface area (Å²) in [7, 11) is 1.45. The van der Waals surface area contributed by atoms with Crippen LogP contribution in [0.15, 0.2) is 35.6 Å². The summed E-state index contributed by atoms with van der Waals surface area (Å²) >= 11 is 7.69. The van der Waals surface area contributed by atoms with Gasteiger partial charge in [-0.05, 0) is 30.5 Å². The van der Waals surface area contributed by atoms with Gasteiger partial charge < -0.3 is 9.72 Å². The summed E-state index contributed by atoms with van der Waals surface area (Å²) in [5, 5.41) is 9.77. The Labute approximate surface area is 198 Å². The third-order valence-corrected chi connectivity index (χ3v) is 6.09. The van der Waals surface area contributed by atoms with Crippen LogP contribution in [-0.4, -0.2) is 49.9 Å². The predicted molar refractivity (Wildman–Crippen MR) is 125 cm³/mol. The number of aromatic amines is 1. The van der Waals surface area contributed by atoms with Crippen LogP contribution in [0.2, 0.25) is 5.02 Å². The predicted octanol–water partition coefficient (Wildman–Crippen LogP) is 5.12. The highest BCUT2D eigenvalue weighted by molar-refractivity contribution is 8.00. The first-order valence-electron chi connectivity index (χ1n) is 10.3. The summed E-state index contributed by atoms with van der Waals surface area (Å²) in [6.45, 7) is 0.927. The molecule has 4 rings (SSSR count). The highest BCUT2D eigenvalue weighted by atomic mass is 35.5. The van der Waals surface area contributed by atoms with Gasteiger partial charge in [-0.2, -0.15) is 15.2 Å². The number of ether oxygens (including phenoxy) is 1. The van der Waals surface area contributed by atoms with Crippen molar-refractivity contribution in [1.82, 2.24) is 29.9 Å². The van der Waals surface area contributed by atoms with Crippen LogP contribution in [0.3, 0.4) is 0 Å². The molecule has 0 fully saturated rings. The van der Waals surface area contributed by atoms with Gasteiger partial charge in [-0.3, -0.25) is 4.72 Å². The first kappa shape index (κ1) is 23.2. The standard InChI is InChI=1S/C21H22ClF2N7OS/c1-3-4-16-14(9-12(24)10-23)20(32-2)29-21(28-16)30-33-17-11-25-18-13(17)5-6-15(22)19(18)31-26-7-8-27-31/h5-8,11-12,25H,3-4,9-10H2,1-2H3,(H,28,29,30). The Balaban J connectivity index is 1.63. The van der Waals surface area contributed by atoms with Crippen molar-refractivity contribution in [1.29, 1.82) is 0 Å². The van der Waals surface area contributed by atoms with Crippen molar-refractivity contribution in [3.8, 4) is 11.6 Å². The summed E-state index contributed by atoms with van der Waals surface area (Å²) in [6.07, 6.45) is 4.63. The normalized spacial score (nSPS) is 12.3. The highest BCUT2D eigenvalue weighted by Crippen LogP contribution is 2.35. The number of nitrogens with one attached hydrogen (secondary N) is 2. The van der Waals surface area contributed by atoms with Gasteiger partial charge in [-0.25, -0.2) is 13.8 Å². The topological polar surface area (TPSA) is 93.5 Å². The quantitative estimate of drug-likeness (QED) is 0.296. The highest BCUT2D eigenvalue weighted by Gasteiger charge is 2.20. The zero-order valence-electron chi connectivity index (χ0n) is 18.0. The number of aryl methyl sites for hydroxylation is 1. The molecule has 8 nitrogen and oxygen atoms in total. The summed E-state index contributed by atoms with van der Waals surface area (Å²) in [4.78, 5) is 14.5. The van der Waals surface area contributed by atoms with E-state index in [0.29, 0.717) is 34.3 Å². The second-order valence-electron chi connectivity index (χ2n) is 7.18. The smallest absolute Gasteiger partial charge is 0.236 e. The molecule has 33 heavy (non-hydrogen) atoms. The fraction of sp³-hybridized carbons (Fsp3) is 0.333. The molecule has 0 spiro atoms. The van der Waals surface area contributed by atoms with Crippen LogP contribution in [0.4, 0.5) is 14.7 Å². The van der Waals surface area contributed by atoms with Gasteiger partial charge in [0.2, 0.25) is 11.8 Å². The lowest BCUT2D eigenvalue weighted by Crippen LogP contribution is -2.13. The van der Waals surface area contributed by atoms with E-state index in [0.717, 1.165) is 22.2 Å². The van der Waals surface area contributed by atoms with Crippen LogP contribution in [0.5, 0.6) is 5.88 Å². The average molecular weight is 494 g/mol. The maximum absolute atomic E-state index is 13.8. The van der Waals surface area contributed by atoms with Crippen molar-refractivity contribution in [2.75, 3.05) is 18.5 Å². The minimum atomic E-state index is -1.62. The molecule has 4 aromatic rings. The Morgan fingerprint density at radius 2 is 2.06 bits per heavy atom. The number of rotatable bonds is 10. The van der Waals surface area contributed by atoms with E-state index in [4.69, 9.17) is 16.3 Å². The van der Waals surface area contributed by atoms with Crippen LogP contribution in [0.25, 0.3) is 16.6 Å². The van der Waals surface area contributed by atoms with Crippen LogP contribution >= 0.6 is 23.5 Å². The van der Waals surface area contributed by atoms with Gasteiger partial charge in [-0.15, -0.1) is 4.80 Å². The summed E-state index contributed by atoms with van der Waals surface area (Å²) in [6, 6.07) is 3.68. The van der Waals surface area contributed by atoms with Gasteiger partial charge in [0.15, 0.2) is 0 Å². The minimum absolute atomic E-state index is 0.129. The zero-order valence-corrected chi connectivity index (χ0v) is 19.6. The molecule has 1 unspecified atom stereocenters. The Bertz CT molecular complexity index is 1240. The molecular weight excluding hydrogens is 472 g/mol. The number of H-pyrrole nitrogens is 1. The van der Waals surface area contributed by atoms with Crippen molar-refractivity contribution in [3.63, 3.8) is 0 Å². The molecule has 3 aromatic heterocycles. The van der Waals surface area contributed by atoms with Gasteiger partial charge >= 0.3 is 0 Å². The van der Waals surface area contributed by atoms with Gasteiger partial charge in [0.25, 0.3) is 0 Å². The Morgan fingerprint density at radius 3 is 2.76 bits per heavy atom. The average Bonchev–Trinajstić information content (AvgIpc) is 3.49. The van der Waals surface area contributed by atoms with Crippen molar-refractivity contribution in [3.05, 3.63) is 47.0 Å². The van der Waals surface area contributed by atoms with Gasteiger partial charge in [-0.1, -0.05) is 24.9 Å². The monoisotopic (exact) mass is 493 g/mol. The number of aromatic nitrogens is 6. The van der Waals surface area contributed by atoms with E-state index in [9.17, 15) is 8.78 Å². The third-order valence-electron chi connectivity index (χ3n) is 4.94. The van der Waals surface area contributed by atoms with E-state index < -0.39 is 12.8 Å². The first-order chi connectivity index (χ1) is 16.0.